The van der Waals surface area contributed by atoms with Crippen molar-refractivity contribution in [1.29, 1.82) is 0 Å². The van der Waals surface area contributed by atoms with Crippen LogP contribution < -0.4 is 9.47 Å². The van der Waals surface area contributed by atoms with E-state index in [-0.39, 0.29) is 5.60 Å². The summed E-state index contributed by atoms with van der Waals surface area (Å²) in [4.78, 5) is 0. The summed E-state index contributed by atoms with van der Waals surface area (Å²) in [6.07, 6.45) is 0.878. The minimum atomic E-state index is -0.190. The van der Waals surface area contributed by atoms with Crippen LogP contribution in [0.15, 0.2) is 18.2 Å². The van der Waals surface area contributed by atoms with Gasteiger partial charge in [-0.15, -0.1) is 16.7 Å². The number of para-hydroxylation sites is 1. The largest absolute Gasteiger partial charge is 0.483 e. The van der Waals surface area contributed by atoms with Crippen molar-refractivity contribution in [3.8, 4) is 16.7 Å². The van der Waals surface area contributed by atoms with E-state index in [4.69, 9.17) is 21.1 Å². The molecule has 0 spiro atoms. The van der Waals surface area contributed by atoms with Gasteiger partial charge in [-0.1, -0.05) is 28.6 Å². The third-order valence-corrected chi connectivity index (χ3v) is 4.03. The molecule has 6 heteroatoms. The van der Waals surface area contributed by atoms with E-state index in [2.05, 4.69) is 30.1 Å². The van der Waals surface area contributed by atoms with Crippen LogP contribution in [0.3, 0.4) is 0 Å². The SMILES string of the molecule is CC1(C)Cc2cccc(Oc3nnc(CCl)s3)c2O1. The van der Waals surface area contributed by atoms with Gasteiger partial charge in [0.05, 0.1) is 5.88 Å². The van der Waals surface area contributed by atoms with E-state index in [1.807, 2.05) is 12.1 Å². The van der Waals surface area contributed by atoms with E-state index in [1.165, 1.54) is 11.3 Å². The van der Waals surface area contributed by atoms with Gasteiger partial charge in [-0.3, -0.25) is 0 Å². The van der Waals surface area contributed by atoms with E-state index in [0.29, 0.717) is 16.8 Å². The highest BCUT2D eigenvalue weighted by molar-refractivity contribution is 7.13. The van der Waals surface area contributed by atoms with Gasteiger partial charge in [-0.2, -0.15) is 0 Å². The van der Waals surface area contributed by atoms with E-state index >= 15 is 0 Å². The van der Waals surface area contributed by atoms with Gasteiger partial charge in [0.2, 0.25) is 0 Å². The Morgan fingerprint density at radius 2 is 2.26 bits per heavy atom. The lowest BCUT2D eigenvalue weighted by Crippen LogP contribution is -2.24. The average Bonchev–Trinajstić information content (AvgIpc) is 2.92. The second-order valence-corrected chi connectivity index (χ2v) is 6.27. The minimum Gasteiger partial charge on any atom is -0.483 e. The van der Waals surface area contributed by atoms with Gasteiger partial charge in [-0.25, -0.2) is 0 Å². The number of nitrogens with zero attached hydrogens (tertiary/aromatic N) is 2. The summed E-state index contributed by atoms with van der Waals surface area (Å²) in [5, 5.41) is 9.10. The normalized spacial score (nSPS) is 15.9. The number of aromatic nitrogens is 2. The van der Waals surface area contributed by atoms with Gasteiger partial charge in [0.1, 0.15) is 10.6 Å². The van der Waals surface area contributed by atoms with Crippen molar-refractivity contribution < 1.29 is 9.47 Å². The molecule has 3 rings (SSSR count). The molecule has 1 aromatic heterocycles. The molecule has 0 amide bonds. The summed E-state index contributed by atoms with van der Waals surface area (Å²) in [5.74, 6) is 1.83. The Balaban J connectivity index is 1.89. The van der Waals surface area contributed by atoms with E-state index in [0.717, 1.165) is 22.7 Å². The van der Waals surface area contributed by atoms with Crippen molar-refractivity contribution in [2.75, 3.05) is 0 Å². The Bertz CT molecular complexity index is 612. The van der Waals surface area contributed by atoms with Crippen molar-refractivity contribution in [2.45, 2.75) is 31.7 Å². The van der Waals surface area contributed by atoms with E-state index < -0.39 is 0 Å². The molecule has 2 aromatic rings. The topological polar surface area (TPSA) is 44.2 Å². The smallest absolute Gasteiger partial charge is 0.299 e. The fraction of sp³-hybridized carbons (Fsp3) is 0.385. The third kappa shape index (κ3) is 2.53. The number of hydrogen-bond donors (Lipinski definition) is 0. The van der Waals surface area contributed by atoms with E-state index in [9.17, 15) is 0 Å². The lowest BCUT2D eigenvalue weighted by molar-refractivity contribution is 0.135. The summed E-state index contributed by atoms with van der Waals surface area (Å²) in [6.45, 7) is 4.13. The Kier molecular flexibility index (Phi) is 3.11. The molecule has 4 nitrogen and oxygen atoms in total. The van der Waals surface area contributed by atoms with Gasteiger partial charge < -0.3 is 9.47 Å². The highest BCUT2D eigenvalue weighted by atomic mass is 35.5. The van der Waals surface area contributed by atoms with Crippen molar-refractivity contribution >= 4 is 22.9 Å². The quantitative estimate of drug-likeness (QED) is 0.809. The van der Waals surface area contributed by atoms with Crippen LogP contribution in [0.2, 0.25) is 0 Å². The Labute approximate surface area is 120 Å². The van der Waals surface area contributed by atoms with Gasteiger partial charge in [-0.05, 0) is 19.9 Å². The van der Waals surface area contributed by atoms with Gasteiger partial charge in [0, 0.05) is 12.0 Å². The predicted octanol–water partition coefficient (Wildman–Crippen LogP) is 3.78. The second kappa shape index (κ2) is 4.65. The van der Waals surface area contributed by atoms with Crippen LogP contribution in [0.1, 0.15) is 24.4 Å². The number of hydrogen-bond acceptors (Lipinski definition) is 5. The van der Waals surface area contributed by atoms with Gasteiger partial charge in [0.15, 0.2) is 11.5 Å². The molecule has 19 heavy (non-hydrogen) atoms. The maximum atomic E-state index is 5.94. The van der Waals surface area contributed by atoms with Crippen molar-refractivity contribution in [3.05, 3.63) is 28.8 Å². The van der Waals surface area contributed by atoms with Crippen LogP contribution in [0.4, 0.5) is 0 Å². The lowest BCUT2D eigenvalue weighted by atomic mass is 10.0. The standard InChI is InChI=1S/C13H13ClN2O2S/c1-13(2)6-8-4-3-5-9(11(8)18-13)17-12-16-15-10(7-14)19-12/h3-5H,6-7H2,1-2H3. The molecule has 1 aliphatic rings. The Hall–Kier alpha value is -1.33. The monoisotopic (exact) mass is 296 g/mol. The fourth-order valence-electron chi connectivity index (χ4n) is 2.10. The maximum Gasteiger partial charge on any atom is 0.299 e. The number of fused-ring (bicyclic) bond motifs is 1. The summed E-state index contributed by atoms with van der Waals surface area (Å²) < 4.78 is 11.7. The summed E-state index contributed by atoms with van der Waals surface area (Å²) in [5.41, 5.74) is 0.967. The average molecular weight is 297 g/mol. The summed E-state index contributed by atoms with van der Waals surface area (Å²) in [7, 11) is 0. The van der Waals surface area contributed by atoms with Crippen molar-refractivity contribution in [2.24, 2.45) is 0 Å². The third-order valence-electron chi connectivity index (χ3n) is 2.81. The summed E-state index contributed by atoms with van der Waals surface area (Å²) in [6, 6.07) is 5.89. The number of halogens is 1. The van der Waals surface area contributed by atoms with Gasteiger partial charge in [0.25, 0.3) is 5.19 Å². The molecule has 0 atom stereocenters. The molecule has 0 unspecified atom stereocenters. The molecule has 0 N–H and O–H groups in total. The fourth-order valence-corrected chi connectivity index (χ4v) is 2.86. The first-order valence-corrected chi connectivity index (χ1v) is 7.29. The molecule has 0 fully saturated rings. The molecule has 0 aliphatic carbocycles. The summed E-state index contributed by atoms with van der Waals surface area (Å²) >= 11 is 7.04. The first-order chi connectivity index (χ1) is 9.07. The Morgan fingerprint density at radius 1 is 1.42 bits per heavy atom. The lowest BCUT2D eigenvalue weighted by Gasteiger charge is -2.17. The van der Waals surface area contributed by atoms with Crippen molar-refractivity contribution in [1.82, 2.24) is 10.2 Å². The van der Waals surface area contributed by atoms with Crippen LogP contribution in [0.5, 0.6) is 16.7 Å². The zero-order valence-electron chi connectivity index (χ0n) is 10.6. The van der Waals surface area contributed by atoms with Crippen LogP contribution in [-0.2, 0) is 12.3 Å². The van der Waals surface area contributed by atoms with Crippen molar-refractivity contribution in [3.63, 3.8) is 0 Å². The molecule has 0 saturated carbocycles. The molecular weight excluding hydrogens is 284 g/mol. The molecule has 0 radical (unpaired) electrons. The van der Waals surface area contributed by atoms with Gasteiger partial charge >= 0.3 is 0 Å². The maximum absolute atomic E-state index is 5.94. The molecule has 1 aliphatic heterocycles. The van der Waals surface area contributed by atoms with Crippen LogP contribution in [-0.4, -0.2) is 15.8 Å². The van der Waals surface area contributed by atoms with E-state index in [1.54, 1.807) is 0 Å². The predicted molar refractivity (Wildman–Crippen MR) is 74.4 cm³/mol. The molecule has 100 valence electrons. The van der Waals surface area contributed by atoms with Crippen LogP contribution >= 0.6 is 22.9 Å². The minimum absolute atomic E-state index is 0.190. The highest BCUT2D eigenvalue weighted by Gasteiger charge is 2.32. The molecule has 1 aromatic carbocycles. The molecular formula is C13H13ClN2O2S. The second-order valence-electron chi connectivity index (χ2n) is 4.98. The zero-order chi connectivity index (χ0) is 13.5. The first-order valence-electron chi connectivity index (χ1n) is 5.94. The number of alkyl halides is 1. The number of rotatable bonds is 3. The first kappa shape index (κ1) is 12.7. The molecule has 2 heterocycles. The number of ether oxygens (including phenoxy) is 2. The highest BCUT2D eigenvalue weighted by Crippen LogP contribution is 2.43. The van der Waals surface area contributed by atoms with Crippen LogP contribution in [0.25, 0.3) is 0 Å². The number of benzene rings is 1. The Morgan fingerprint density at radius 3 is 3.00 bits per heavy atom. The molecule has 0 saturated heterocycles. The zero-order valence-corrected chi connectivity index (χ0v) is 12.2. The molecule has 0 bridgehead atoms. The van der Waals surface area contributed by atoms with Crippen LogP contribution in [0, 0.1) is 0 Å².